The molecular formula is C10H6Cl3N3O. The fourth-order valence-corrected chi connectivity index (χ4v) is 1.68. The highest BCUT2D eigenvalue weighted by atomic mass is 35.5. The Hall–Kier alpha value is -1.23. The van der Waals surface area contributed by atoms with Gasteiger partial charge in [-0.1, -0.05) is 34.8 Å². The quantitative estimate of drug-likeness (QED) is 0.854. The van der Waals surface area contributed by atoms with Gasteiger partial charge in [-0.3, -0.25) is 0 Å². The van der Waals surface area contributed by atoms with Crippen molar-refractivity contribution in [3.05, 3.63) is 39.6 Å². The van der Waals surface area contributed by atoms with Crippen molar-refractivity contribution >= 4 is 40.6 Å². The number of hydrogen-bond acceptors (Lipinski definition) is 4. The zero-order valence-electron chi connectivity index (χ0n) is 8.32. The lowest BCUT2D eigenvalue weighted by Crippen LogP contribution is -1.97. The van der Waals surface area contributed by atoms with Crippen LogP contribution in [0.25, 0.3) is 0 Å². The highest BCUT2D eigenvalue weighted by Gasteiger charge is 2.10. The van der Waals surface area contributed by atoms with Gasteiger partial charge in [0.15, 0.2) is 5.82 Å². The maximum Gasteiger partial charge on any atom is 0.262 e. The van der Waals surface area contributed by atoms with Gasteiger partial charge in [-0.25, -0.2) is 9.97 Å². The molecule has 1 heterocycles. The molecule has 0 fully saturated rings. The lowest BCUT2D eigenvalue weighted by atomic mass is 10.3. The predicted molar refractivity (Wildman–Crippen MR) is 68.0 cm³/mol. The molecule has 17 heavy (non-hydrogen) atoms. The predicted octanol–water partition coefficient (Wildman–Crippen LogP) is 3.81. The number of rotatable bonds is 2. The number of nitrogens with two attached hydrogens (primary N) is 1. The number of nitrogens with zero attached hydrogens (tertiary/aromatic N) is 2. The van der Waals surface area contributed by atoms with Crippen LogP contribution in [0.3, 0.4) is 0 Å². The van der Waals surface area contributed by atoms with Crippen LogP contribution < -0.4 is 10.5 Å². The van der Waals surface area contributed by atoms with Crippen molar-refractivity contribution in [3.8, 4) is 11.6 Å². The van der Waals surface area contributed by atoms with E-state index in [4.69, 9.17) is 45.3 Å². The smallest absolute Gasteiger partial charge is 0.262 e. The topological polar surface area (TPSA) is 61.0 Å². The van der Waals surface area contributed by atoms with E-state index in [1.807, 2.05) is 0 Å². The summed E-state index contributed by atoms with van der Waals surface area (Å²) < 4.78 is 5.40. The lowest BCUT2D eigenvalue weighted by molar-refractivity contribution is 0.463. The molecule has 0 spiro atoms. The van der Waals surface area contributed by atoms with Crippen LogP contribution in [-0.2, 0) is 0 Å². The van der Waals surface area contributed by atoms with Crippen LogP contribution in [0.5, 0.6) is 11.6 Å². The third-order valence-corrected chi connectivity index (χ3v) is 2.89. The first-order valence-corrected chi connectivity index (χ1v) is 5.60. The van der Waals surface area contributed by atoms with Gasteiger partial charge < -0.3 is 10.5 Å². The minimum Gasteiger partial charge on any atom is -0.434 e. The third-order valence-electron chi connectivity index (χ3n) is 1.87. The van der Waals surface area contributed by atoms with Gasteiger partial charge in [0.2, 0.25) is 0 Å². The Kier molecular flexibility index (Phi) is 3.57. The fraction of sp³-hybridized carbons (Fsp3) is 0. The second-order valence-electron chi connectivity index (χ2n) is 3.05. The normalized spacial score (nSPS) is 10.3. The second-order valence-corrected chi connectivity index (χ2v) is 4.27. The molecule has 2 N–H and O–H groups in total. The van der Waals surface area contributed by atoms with Gasteiger partial charge in [0.1, 0.15) is 5.75 Å². The molecule has 4 nitrogen and oxygen atoms in total. The Morgan fingerprint density at radius 2 is 1.59 bits per heavy atom. The first kappa shape index (κ1) is 12.2. The Morgan fingerprint density at radius 3 is 2.29 bits per heavy atom. The van der Waals surface area contributed by atoms with E-state index >= 15 is 0 Å². The number of hydrogen-bond donors (Lipinski definition) is 1. The minimum atomic E-state index is 0.160. The Bertz CT molecular complexity index is 562. The summed E-state index contributed by atoms with van der Waals surface area (Å²) in [4.78, 5) is 7.76. The standard InChI is InChI=1S/C10H6Cl3N3O/c11-5-3-7(13)8(4-6(5)12)17-10-9(14)15-1-2-16-10/h1-4H,(H2,14,15). The Morgan fingerprint density at radius 1 is 0.941 bits per heavy atom. The van der Waals surface area contributed by atoms with Gasteiger partial charge in [-0.15, -0.1) is 0 Å². The van der Waals surface area contributed by atoms with Gasteiger partial charge in [0.05, 0.1) is 15.1 Å². The van der Waals surface area contributed by atoms with Gasteiger partial charge >= 0.3 is 0 Å². The molecule has 0 radical (unpaired) electrons. The summed E-state index contributed by atoms with van der Waals surface area (Å²) in [5, 5.41) is 0.981. The highest BCUT2D eigenvalue weighted by molar-refractivity contribution is 6.43. The van der Waals surface area contributed by atoms with Crippen molar-refractivity contribution in [1.29, 1.82) is 0 Å². The van der Waals surface area contributed by atoms with E-state index in [1.165, 1.54) is 24.5 Å². The summed E-state index contributed by atoms with van der Waals surface area (Å²) in [5.74, 6) is 0.635. The van der Waals surface area contributed by atoms with Gasteiger partial charge in [-0.2, -0.15) is 0 Å². The van der Waals surface area contributed by atoms with Crippen LogP contribution in [-0.4, -0.2) is 9.97 Å². The van der Waals surface area contributed by atoms with Gasteiger partial charge in [0.25, 0.3) is 5.88 Å². The maximum absolute atomic E-state index is 5.95. The molecule has 0 aliphatic heterocycles. The molecule has 0 saturated heterocycles. The molecule has 88 valence electrons. The number of ether oxygens (including phenoxy) is 1. The summed E-state index contributed by atoms with van der Waals surface area (Å²) >= 11 is 17.6. The van der Waals surface area contributed by atoms with E-state index < -0.39 is 0 Å². The lowest BCUT2D eigenvalue weighted by Gasteiger charge is -2.08. The monoisotopic (exact) mass is 289 g/mol. The number of anilines is 1. The van der Waals surface area contributed by atoms with E-state index in [0.29, 0.717) is 20.8 Å². The number of nitrogen functional groups attached to an aromatic ring is 1. The second kappa shape index (κ2) is 4.96. The summed E-state index contributed by atoms with van der Waals surface area (Å²) in [6, 6.07) is 2.97. The van der Waals surface area contributed by atoms with Crippen LogP contribution in [0.2, 0.25) is 15.1 Å². The minimum absolute atomic E-state index is 0.160. The first-order chi connectivity index (χ1) is 8.08. The average Bonchev–Trinajstić information content (AvgIpc) is 2.29. The van der Waals surface area contributed by atoms with E-state index in [2.05, 4.69) is 9.97 Å². The summed E-state index contributed by atoms with van der Waals surface area (Å²) in [5.41, 5.74) is 5.59. The first-order valence-electron chi connectivity index (χ1n) is 4.47. The zero-order chi connectivity index (χ0) is 12.4. The summed E-state index contributed by atoms with van der Waals surface area (Å²) in [6.45, 7) is 0. The summed E-state index contributed by atoms with van der Waals surface area (Å²) in [7, 11) is 0. The number of halogens is 3. The molecular weight excluding hydrogens is 284 g/mol. The molecule has 0 atom stereocenters. The Labute approximate surface area is 112 Å². The van der Waals surface area contributed by atoms with E-state index in [9.17, 15) is 0 Å². The van der Waals surface area contributed by atoms with Gasteiger partial charge in [0, 0.05) is 18.5 Å². The van der Waals surface area contributed by atoms with Crippen LogP contribution in [0.4, 0.5) is 5.82 Å². The largest absolute Gasteiger partial charge is 0.434 e. The molecule has 0 aliphatic carbocycles. The van der Waals surface area contributed by atoms with E-state index in [-0.39, 0.29) is 11.7 Å². The molecule has 2 aromatic rings. The van der Waals surface area contributed by atoms with Crippen LogP contribution in [0.1, 0.15) is 0 Å². The fourth-order valence-electron chi connectivity index (χ4n) is 1.10. The van der Waals surface area contributed by atoms with Crippen molar-refractivity contribution in [2.75, 3.05) is 5.73 Å². The van der Waals surface area contributed by atoms with Crippen LogP contribution >= 0.6 is 34.8 Å². The van der Waals surface area contributed by atoms with Gasteiger partial charge in [-0.05, 0) is 6.07 Å². The maximum atomic E-state index is 5.95. The molecule has 0 saturated carbocycles. The molecule has 0 aliphatic rings. The van der Waals surface area contributed by atoms with Crippen molar-refractivity contribution < 1.29 is 4.74 Å². The van der Waals surface area contributed by atoms with Crippen LogP contribution in [0.15, 0.2) is 24.5 Å². The molecule has 1 aromatic heterocycles. The zero-order valence-corrected chi connectivity index (χ0v) is 10.6. The molecule has 0 bridgehead atoms. The highest BCUT2D eigenvalue weighted by Crippen LogP contribution is 2.36. The third kappa shape index (κ3) is 2.72. The van der Waals surface area contributed by atoms with Crippen molar-refractivity contribution in [2.24, 2.45) is 0 Å². The molecule has 0 unspecified atom stereocenters. The Balaban J connectivity index is 2.37. The SMILES string of the molecule is Nc1nccnc1Oc1cc(Cl)c(Cl)cc1Cl. The van der Waals surface area contributed by atoms with Crippen LogP contribution in [0, 0.1) is 0 Å². The average molecular weight is 291 g/mol. The van der Waals surface area contributed by atoms with Crippen molar-refractivity contribution in [1.82, 2.24) is 9.97 Å². The molecule has 7 heteroatoms. The summed E-state index contributed by atoms with van der Waals surface area (Å²) in [6.07, 6.45) is 2.91. The molecule has 0 amide bonds. The molecule has 1 aromatic carbocycles. The van der Waals surface area contributed by atoms with Crippen molar-refractivity contribution in [3.63, 3.8) is 0 Å². The molecule has 2 rings (SSSR count). The van der Waals surface area contributed by atoms with Crippen molar-refractivity contribution in [2.45, 2.75) is 0 Å². The van der Waals surface area contributed by atoms with E-state index in [0.717, 1.165) is 0 Å². The van der Waals surface area contributed by atoms with E-state index in [1.54, 1.807) is 0 Å². The number of aromatic nitrogens is 2. The number of benzene rings is 1.